The number of rotatable bonds is 2. The Bertz CT molecular complexity index is 475. The Labute approximate surface area is 137 Å². The van der Waals surface area contributed by atoms with Crippen molar-refractivity contribution in [3.05, 3.63) is 28.8 Å². The van der Waals surface area contributed by atoms with Crippen LogP contribution in [0.3, 0.4) is 0 Å². The van der Waals surface area contributed by atoms with E-state index in [4.69, 9.17) is 21.1 Å². The summed E-state index contributed by atoms with van der Waals surface area (Å²) >= 11 is 5.95. The average Bonchev–Trinajstić information content (AvgIpc) is 2.57. The van der Waals surface area contributed by atoms with Gasteiger partial charge in [-0.3, -0.25) is 10.1 Å². The molecule has 1 heterocycles. The van der Waals surface area contributed by atoms with E-state index in [0.29, 0.717) is 16.3 Å². The number of alkyl carbamates (subject to hydrolysis) is 1. The summed E-state index contributed by atoms with van der Waals surface area (Å²) in [6.45, 7) is 0. The first kappa shape index (κ1) is 20.5. The summed E-state index contributed by atoms with van der Waals surface area (Å²) < 4.78 is 9.89. The number of amides is 2. The van der Waals surface area contributed by atoms with Crippen LogP contribution in [0.4, 0.5) is 4.79 Å². The van der Waals surface area contributed by atoms with Crippen molar-refractivity contribution in [2.24, 2.45) is 0 Å². The molecule has 1 atom stereocenters. The van der Waals surface area contributed by atoms with Gasteiger partial charge in [0.15, 0.2) is 0 Å². The van der Waals surface area contributed by atoms with Gasteiger partial charge in [0.05, 0.1) is 17.7 Å². The van der Waals surface area contributed by atoms with Crippen molar-refractivity contribution in [1.29, 1.82) is 0 Å². The number of hydrogen-bond donors (Lipinski definition) is 1. The standard InChI is InChI=1S/C10H8ClNO4.Na.2H2O.H/c1-15-6-4-2-3-5(11)7(6)8-9(13)12-10(14)16-8;;;;/h2-4,8H,1H3,(H,12,13,14);;2*1H2;/q;+1;;;-1. The largest absolute Gasteiger partial charge is 1.00 e. The summed E-state index contributed by atoms with van der Waals surface area (Å²) in [5, 5.41) is 2.34. The Morgan fingerprint density at radius 1 is 1.37 bits per heavy atom. The Hall–Kier alpha value is -0.830. The molecule has 102 valence electrons. The summed E-state index contributed by atoms with van der Waals surface area (Å²) in [6.07, 6.45) is -1.83. The molecule has 1 unspecified atom stereocenters. The fourth-order valence-electron chi connectivity index (χ4n) is 1.50. The quantitative estimate of drug-likeness (QED) is 0.588. The van der Waals surface area contributed by atoms with Crippen molar-refractivity contribution in [2.45, 2.75) is 6.10 Å². The second kappa shape index (κ2) is 8.36. The maximum absolute atomic E-state index is 11.4. The van der Waals surface area contributed by atoms with Crippen LogP contribution in [0.1, 0.15) is 13.1 Å². The SMILES string of the molecule is COc1cccc(Cl)c1C1OC(=O)NC1=O.O.O.[H-].[Na+]. The fraction of sp³-hybridized carbons (Fsp3) is 0.200. The van der Waals surface area contributed by atoms with Crippen LogP contribution >= 0.6 is 11.6 Å². The van der Waals surface area contributed by atoms with Crippen molar-refractivity contribution in [2.75, 3.05) is 7.11 Å². The number of imide groups is 1. The minimum absolute atomic E-state index is 0. The van der Waals surface area contributed by atoms with Gasteiger partial charge in [-0.15, -0.1) is 0 Å². The molecule has 19 heavy (non-hydrogen) atoms. The first-order chi connectivity index (χ1) is 7.63. The Balaban J connectivity index is -0.000000722. The molecule has 0 saturated carbocycles. The average molecular weight is 302 g/mol. The van der Waals surface area contributed by atoms with Crippen molar-refractivity contribution in [3.63, 3.8) is 0 Å². The maximum atomic E-state index is 11.4. The zero-order chi connectivity index (χ0) is 11.7. The molecule has 1 aliphatic heterocycles. The van der Waals surface area contributed by atoms with Crippen molar-refractivity contribution >= 4 is 23.6 Å². The molecule has 0 bridgehead atoms. The van der Waals surface area contributed by atoms with Crippen molar-refractivity contribution in [3.8, 4) is 5.75 Å². The predicted molar refractivity (Wildman–Crippen MR) is 63.7 cm³/mol. The summed E-state index contributed by atoms with van der Waals surface area (Å²) in [4.78, 5) is 22.3. The smallest absolute Gasteiger partial charge is 1.00 e. The maximum Gasteiger partial charge on any atom is 1.00 e. The van der Waals surface area contributed by atoms with Gasteiger partial charge in [0.2, 0.25) is 6.10 Å². The number of cyclic esters (lactones) is 1. The third-order valence-electron chi connectivity index (χ3n) is 2.18. The van der Waals surface area contributed by atoms with Crippen LogP contribution in [-0.4, -0.2) is 30.1 Å². The van der Waals surface area contributed by atoms with E-state index in [0.717, 1.165) is 0 Å². The van der Waals surface area contributed by atoms with E-state index in [1.165, 1.54) is 7.11 Å². The normalized spacial score (nSPS) is 16.2. The zero-order valence-corrected chi connectivity index (χ0v) is 13.1. The number of hydrogen-bond acceptors (Lipinski definition) is 4. The second-order valence-corrected chi connectivity index (χ2v) is 3.54. The third-order valence-corrected chi connectivity index (χ3v) is 2.51. The van der Waals surface area contributed by atoms with E-state index >= 15 is 0 Å². The molecule has 0 radical (unpaired) electrons. The van der Waals surface area contributed by atoms with Crippen LogP contribution in [0.15, 0.2) is 18.2 Å². The second-order valence-electron chi connectivity index (χ2n) is 3.13. The number of benzene rings is 1. The minimum Gasteiger partial charge on any atom is -1.00 e. The first-order valence-electron chi connectivity index (χ1n) is 4.47. The van der Waals surface area contributed by atoms with Crippen LogP contribution in [0.2, 0.25) is 5.02 Å². The Kier molecular flexibility index (Phi) is 9.02. The summed E-state index contributed by atoms with van der Waals surface area (Å²) in [5.41, 5.74) is 0.356. The van der Waals surface area contributed by atoms with Crippen molar-refractivity contribution in [1.82, 2.24) is 5.32 Å². The van der Waals surface area contributed by atoms with Gasteiger partial charge >= 0.3 is 35.7 Å². The number of carbonyl (C=O) groups is 2. The number of nitrogens with one attached hydrogen (secondary N) is 1. The molecule has 5 N–H and O–H groups in total. The zero-order valence-electron chi connectivity index (χ0n) is 11.3. The van der Waals surface area contributed by atoms with E-state index in [9.17, 15) is 9.59 Å². The topological polar surface area (TPSA) is 128 Å². The van der Waals surface area contributed by atoms with Crippen LogP contribution in [0, 0.1) is 0 Å². The summed E-state index contributed by atoms with van der Waals surface area (Å²) in [5.74, 6) is -0.140. The molecule has 2 amide bonds. The molecule has 0 aliphatic carbocycles. The van der Waals surface area contributed by atoms with Gasteiger partial charge in [0, 0.05) is 0 Å². The Morgan fingerprint density at radius 2 is 2.00 bits per heavy atom. The minimum atomic E-state index is -1.05. The molecule has 1 fully saturated rings. The van der Waals surface area contributed by atoms with E-state index in [1.54, 1.807) is 18.2 Å². The van der Waals surface area contributed by atoms with Gasteiger partial charge < -0.3 is 21.9 Å². The molecule has 2 rings (SSSR count). The van der Waals surface area contributed by atoms with Gasteiger partial charge in [-0.2, -0.15) is 0 Å². The van der Waals surface area contributed by atoms with Gasteiger partial charge in [0.1, 0.15) is 5.75 Å². The van der Waals surface area contributed by atoms with E-state index in [1.807, 2.05) is 5.32 Å². The van der Waals surface area contributed by atoms with E-state index < -0.39 is 18.1 Å². The van der Waals surface area contributed by atoms with Gasteiger partial charge in [-0.05, 0) is 12.1 Å². The number of methoxy groups -OCH3 is 1. The monoisotopic (exact) mass is 301 g/mol. The summed E-state index contributed by atoms with van der Waals surface area (Å²) in [7, 11) is 1.45. The molecule has 7 nitrogen and oxygen atoms in total. The molecule has 1 aromatic carbocycles. The molecule has 1 aliphatic rings. The first-order valence-corrected chi connectivity index (χ1v) is 4.85. The molecule has 0 spiro atoms. The fourth-order valence-corrected chi connectivity index (χ4v) is 1.76. The summed E-state index contributed by atoms with van der Waals surface area (Å²) in [6, 6.07) is 4.92. The molecule has 0 aromatic heterocycles. The van der Waals surface area contributed by atoms with E-state index in [2.05, 4.69) is 0 Å². The molecule has 1 saturated heterocycles. The molecular formula is C10H13ClNNaO6. The number of ether oxygens (including phenoxy) is 2. The number of carbonyl (C=O) groups excluding carboxylic acids is 2. The van der Waals surface area contributed by atoms with Crippen molar-refractivity contribution < 1.29 is 61.0 Å². The van der Waals surface area contributed by atoms with Crippen LogP contribution in [0.5, 0.6) is 5.75 Å². The van der Waals surface area contributed by atoms with Crippen LogP contribution in [0.25, 0.3) is 0 Å². The predicted octanol–water partition coefficient (Wildman–Crippen LogP) is -2.88. The third kappa shape index (κ3) is 4.07. The van der Waals surface area contributed by atoms with Crippen LogP contribution < -0.4 is 39.6 Å². The van der Waals surface area contributed by atoms with Gasteiger partial charge in [0.25, 0.3) is 5.91 Å². The molecule has 9 heteroatoms. The molecule has 1 aromatic rings. The molecular weight excluding hydrogens is 289 g/mol. The van der Waals surface area contributed by atoms with Gasteiger partial charge in [-0.25, -0.2) is 4.79 Å². The Morgan fingerprint density at radius 3 is 2.47 bits per heavy atom. The van der Waals surface area contributed by atoms with Crippen LogP contribution in [-0.2, 0) is 9.53 Å². The number of halogens is 1. The van der Waals surface area contributed by atoms with E-state index in [-0.39, 0.29) is 41.9 Å². The van der Waals surface area contributed by atoms with Gasteiger partial charge in [-0.1, -0.05) is 17.7 Å².